The van der Waals surface area contributed by atoms with Gasteiger partial charge in [0, 0.05) is 6.58 Å². The molecule has 0 bridgehead atoms. The van der Waals surface area contributed by atoms with E-state index in [0.29, 0.717) is 6.42 Å². The molecule has 2 unspecified atom stereocenters. The van der Waals surface area contributed by atoms with E-state index < -0.39 is 43.9 Å². The van der Waals surface area contributed by atoms with Crippen LogP contribution in [0.3, 0.4) is 0 Å². The fourth-order valence-corrected chi connectivity index (χ4v) is 1.82. The number of hydrogen-bond acceptors (Lipinski definition) is 6. The van der Waals surface area contributed by atoms with Gasteiger partial charge in [-0.2, -0.15) is 0 Å². The van der Waals surface area contributed by atoms with E-state index in [2.05, 4.69) is 6.92 Å². The summed E-state index contributed by atoms with van der Waals surface area (Å²) in [4.78, 5) is 0. The van der Waals surface area contributed by atoms with E-state index in [1.807, 2.05) is 0 Å². The van der Waals surface area contributed by atoms with Gasteiger partial charge in [0.25, 0.3) is 0 Å². The minimum absolute atomic E-state index is 0.497. The zero-order chi connectivity index (χ0) is 14.4. The van der Waals surface area contributed by atoms with Crippen LogP contribution < -0.4 is 0 Å². The molecule has 1 heterocycles. The smallest absolute Gasteiger partial charge is 0.186 e. The van der Waals surface area contributed by atoms with Crippen molar-refractivity contribution in [3.05, 3.63) is 0 Å². The molecule has 0 aliphatic carbocycles. The Bertz CT molecular complexity index is 252. The molecule has 0 aromatic rings. The van der Waals surface area contributed by atoms with Crippen molar-refractivity contribution in [1.29, 1.82) is 0 Å². The molecule has 0 radical (unpaired) electrons. The predicted octanol–water partition coefficient (Wildman–Crippen LogP) is -0.617. The van der Waals surface area contributed by atoms with E-state index >= 15 is 0 Å². The van der Waals surface area contributed by atoms with Crippen LogP contribution in [0.15, 0.2) is 0 Å². The molecule has 1 aliphatic rings. The van der Waals surface area contributed by atoms with Gasteiger partial charge in [0.15, 0.2) is 6.29 Å². The van der Waals surface area contributed by atoms with Crippen LogP contribution in [-0.2, 0) is 9.47 Å². The largest absolute Gasteiger partial charge is 0.394 e. The lowest BCUT2D eigenvalue weighted by atomic mass is 9.99. The first-order valence-corrected chi connectivity index (χ1v) is 6.39. The Kier molecular flexibility index (Phi) is 6.33. The third-order valence-corrected chi connectivity index (χ3v) is 3.00. The average Bonchev–Trinajstić information content (AvgIpc) is 2.39. The zero-order valence-electron chi connectivity index (χ0n) is 11.6. The fourth-order valence-electron chi connectivity index (χ4n) is 1.82. The van der Waals surface area contributed by atoms with Gasteiger partial charge in [0.2, 0.25) is 0 Å². The molecule has 1 rings (SSSR count). The SMILES string of the molecule is [2H]C(CCCCC)OC1O[C@H](CO)[C@@H](O)[C@H](O)[C@H]1O. The number of hydrogen-bond donors (Lipinski definition) is 4. The van der Waals surface area contributed by atoms with Crippen molar-refractivity contribution in [1.82, 2.24) is 0 Å². The lowest BCUT2D eigenvalue weighted by Crippen LogP contribution is -2.59. The van der Waals surface area contributed by atoms with Crippen molar-refractivity contribution in [2.45, 2.75) is 63.3 Å². The molecule has 0 saturated carbocycles. The first-order valence-electron chi connectivity index (χ1n) is 6.97. The Morgan fingerprint density at radius 1 is 1.11 bits per heavy atom. The quantitative estimate of drug-likeness (QED) is 0.458. The molecule has 4 N–H and O–H groups in total. The van der Waals surface area contributed by atoms with Gasteiger partial charge < -0.3 is 29.9 Å². The minimum atomic E-state index is -1.46. The molecule has 0 aromatic heterocycles. The van der Waals surface area contributed by atoms with Gasteiger partial charge in [0.1, 0.15) is 24.4 Å². The maximum absolute atomic E-state index is 9.72. The molecular weight excluding hydrogens is 240 g/mol. The summed E-state index contributed by atoms with van der Waals surface area (Å²) < 4.78 is 18.1. The molecule has 108 valence electrons. The molecule has 0 amide bonds. The minimum Gasteiger partial charge on any atom is -0.394 e. The van der Waals surface area contributed by atoms with Gasteiger partial charge in [0.05, 0.1) is 7.98 Å². The molecule has 6 nitrogen and oxygen atoms in total. The van der Waals surface area contributed by atoms with E-state index in [1.165, 1.54) is 0 Å². The van der Waals surface area contributed by atoms with Crippen molar-refractivity contribution >= 4 is 0 Å². The molecule has 6 atom stereocenters. The Balaban J connectivity index is 2.47. The fraction of sp³-hybridized carbons (Fsp3) is 1.00. The summed E-state index contributed by atoms with van der Waals surface area (Å²) in [6.45, 7) is 0.689. The second-order valence-electron chi connectivity index (χ2n) is 4.50. The second kappa shape index (κ2) is 8.04. The lowest BCUT2D eigenvalue weighted by molar-refractivity contribution is -0.301. The molecule has 1 aliphatic heterocycles. The second-order valence-corrected chi connectivity index (χ2v) is 4.50. The summed E-state index contributed by atoms with van der Waals surface area (Å²) >= 11 is 0. The Morgan fingerprint density at radius 3 is 2.44 bits per heavy atom. The molecular formula is C12H24O6. The summed E-state index contributed by atoms with van der Waals surface area (Å²) in [6, 6.07) is 0. The molecule has 18 heavy (non-hydrogen) atoms. The first kappa shape index (κ1) is 14.2. The van der Waals surface area contributed by atoms with Crippen LogP contribution in [0.25, 0.3) is 0 Å². The summed E-state index contributed by atoms with van der Waals surface area (Å²) in [7, 11) is 0. The van der Waals surface area contributed by atoms with Crippen molar-refractivity contribution in [3.63, 3.8) is 0 Å². The molecule has 1 fully saturated rings. The van der Waals surface area contributed by atoms with E-state index in [1.54, 1.807) is 0 Å². The highest BCUT2D eigenvalue weighted by Gasteiger charge is 2.43. The van der Waals surface area contributed by atoms with Gasteiger partial charge in [-0.05, 0) is 6.42 Å². The average molecular weight is 265 g/mol. The highest BCUT2D eigenvalue weighted by atomic mass is 16.7. The molecule has 6 heteroatoms. The number of ether oxygens (including phenoxy) is 2. The zero-order valence-corrected chi connectivity index (χ0v) is 10.6. The van der Waals surface area contributed by atoms with Crippen molar-refractivity contribution < 1.29 is 31.3 Å². The summed E-state index contributed by atoms with van der Waals surface area (Å²) in [5, 5.41) is 37.9. The van der Waals surface area contributed by atoms with E-state index in [0.717, 1.165) is 19.3 Å². The Morgan fingerprint density at radius 2 is 1.83 bits per heavy atom. The predicted molar refractivity (Wildman–Crippen MR) is 63.9 cm³/mol. The summed E-state index contributed by atoms with van der Waals surface area (Å²) in [6.07, 6.45) is -3.13. The van der Waals surface area contributed by atoms with Crippen LogP contribution in [0.4, 0.5) is 0 Å². The molecule has 1 saturated heterocycles. The Hall–Kier alpha value is -0.240. The van der Waals surface area contributed by atoms with Crippen LogP contribution >= 0.6 is 0 Å². The highest BCUT2D eigenvalue weighted by Crippen LogP contribution is 2.22. The summed E-state index contributed by atoms with van der Waals surface area (Å²) in [5.41, 5.74) is 0. The van der Waals surface area contributed by atoms with Crippen LogP contribution in [0.1, 0.15) is 34.0 Å². The van der Waals surface area contributed by atoms with Crippen LogP contribution in [0, 0.1) is 0 Å². The van der Waals surface area contributed by atoms with E-state index in [-0.39, 0.29) is 0 Å². The van der Waals surface area contributed by atoms with Crippen molar-refractivity contribution in [2.75, 3.05) is 13.2 Å². The normalized spacial score (nSPS) is 39.4. The number of aliphatic hydroxyl groups is 4. The maximum atomic E-state index is 9.72. The van der Waals surface area contributed by atoms with Gasteiger partial charge >= 0.3 is 0 Å². The van der Waals surface area contributed by atoms with Crippen LogP contribution in [0.2, 0.25) is 0 Å². The van der Waals surface area contributed by atoms with Crippen molar-refractivity contribution in [2.24, 2.45) is 0 Å². The highest BCUT2D eigenvalue weighted by molar-refractivity contribution is 4.88. The number of unbranched alkanes of at least 4 members (excludes halogenated alkanes) is 2. The topological polar surface area (TPSA) is 99.4 Å². The van der Waals surface area contributed by atoms with Crippen LogP contribution in [-0.4, -0.2) is 64.3 Å². The van der Waals surface area contributed by atoms with Gasteiger partial charge in [-0.25, -0.2) is 0 Å². The van der Waals surface area contributed by atoms with Crippen molar-refractivity contribution in [3.8, 4) is 0 Å². The van der Waals surface area contributed by atoms with Gasteiger partial charge in [-0.15, -0.1) is 0 Å². The monoisotopic (exact) mass is 265 g/mol. The lowest BCUT2D eigenvalue weighted by Gasteiger charge is -2.39. The third kappa shape index (κ3) is 4.15. The van der Waals surface area contributed by atoms with E-state index in [9.17, 15) is 15.3 Å². The van der Waals surface area contributed by atoms with Gasteiger partial charge in [-0.3, -0.25) is 0 Å². The third-order valence-electron chi connectivity index (χ3n) is 3.00. The van der Waals surface area contributed by atoms with E-state index in [4.69, 9.17) is 16.0 Å². The number of aliphatic hydroxyl groups excluding tert-OH is 4. The van der Waals surface area contributed by atoms with Gasteiger partial charge in [-0.1, -0.05) is 26.2 Å². The maximum Gasteiger partial charge on any atom is 0.186 e. The Labute approximate surface area is 109 Å². The first-order chi connectivity index (χ1) is 9.01. The van der Waals surface area contributed by atoms with Crippen LogP contribution in [0.5, 0.6) is 0 Å². The molecule has 0 aromatic carbocycles. The number of rotatable bonds is 7. The molecule has 0 spiro atoms. The summed E-state index contributed by atoms with van der Waals surface area (Å²) in [5.74, 6) is 0. The standard InChI is InChI=1S/C12H24O6/c1-2-3-4-5-6-17-12-11(16)10(15)9(14)8(7-13)18-12/h8-16H,2-7H2,1H3/t8-,9-,10+,11-,12?/m1/s1/i6D/t6?,8-,9-,10+,11-,12?.